The molecule has 0 radical (unpaired) electrons. The van der Waals surface area contributed by atoms with Crippen LogP contribution in [0.1, 0.15) is 10.4 Å². The second-order valence-electron chi connectivity index (χ2n) is 6.49. The summed E-state index contributed by atoms with van der Waals surface area (Å²) in [6.07, 6.45) is 0. The molecule has 0 atom stereocenters. The molecule has 0 saturated heterocycles. The molecule has 4 aromatic rings. The summed E-state index contributed by atoms with van der Waals surface area (Å²) in [6, 6.07) is 28.1. The van der Waals surface area contributed by atoms with Gasteiger partial charge in [-0.05, 0) is 57.0 Å². The van der Waals surface area contributed by atoms with E-state index in [0.29, 0.717) is 30.3 Å². The fourth-order valence-corrected chi connectivity index (χ4v) is 3.61. The highest BCUT2D eigenvalue weighted by Crippen LogP contribution is 2.34. The van der Waals surface area contributed by atoms with Gasteiger partial charge in [0, 0.05) is 0 Å². The highest BCUT2D eigenvalue weighted by molar-refractivity contribution is 9.10. The van der Waals surface area contributed by atoms with Crippen LogP contribution in [0.15, 0.2) is 95.5 Å². The van der Waals surface area contributed by atoms with Crippen LogP contribution in [0.4, 0.5) is 0 Å². The third-order valence-electron chi connectivity index (χ3n) is 4.49. The maximum atomic E-state index is 12.8. The van der Waals surface area contributed by atoms with Crippen LogP contribution in [-0.2, 0) is 0 Å². The number of hydrogen-bond acceptors (Lipinski definition) is 4. The Labute approximate surface area is 183 Å². The van der Waals surface area contributed by atoms with Gasteiger partial charge in [-0.15, -0.1) is 0 Å². The number of ether oxygens (including phenoxy) is 3. The zero-order valence-electron chi connectivity index (χ0n) is 16.1. The SMILES string of the molecule is O=C(Oc1ccc2ccccc2c1Br)c1ccccc1OCCOc1ccccc1. The minimum atomic E-state index is -0.481. The quantitative estimate of drug-likeness (QED) is 0.184. The predicted molar refractivity (Wildman–Crippen MR) is 120 cm³/mol. The van der Waals surface area contributed by atoms with Gasteiger partial charge >= 0.3 is 5.97 Å². The Bertz CT molecular complexity index is 1160. The molecule has 0 saturated carbocycles. The number of fused-ring (bicyclic) bond motifs is 1. The second-order valence-corrected chi connectivity index (χ2v) is 7.29. The molecular weight excluding hydrogens is 444 g/mol. The molecular formula is C25H19BrO4. The zero-order valence-corrected chi connectivity index (χ0v) is 17.7. The molecule has 4 aromatic carbocycles. The van der Waals surface area contributed by atoms with E-state index in [-0.39, 0.29) is 0 Å². The number of esters is 1. The Morgan fingerprint density at radius 2 is 1.40 bits per heavy atom. The summed E-state index contributed by atoms with van der Waals surface area (Å²) in [5, 5.41) is 2.04. The second kappa shape index (κ2) is 9.46. The van der Waals surface area contributed by atoms with Crippen LogP contribution in [0, 0.1) is 0 Å². The summed E-state index contributed by atoms with van der Waals surface area (Å²) >= 11 is 3.55. The maximum Gasteiger partial charge on any atom is 0.347 e. The lowest BCUT2D eigenvalue weighted by atomic mass is 10.1. The largest absolute Gasteiger partial charge is 0.490 e. The third kappa shape index (κ3) is 4.63. The predicted octanol–water partition coefficient (Wildman–Crippen LogP) is 6.28. The van der Waals surface area contributed by atoms with Crippen molar-refractivity contribution in [1.29, 1.82) is 0 Å². The molecule has 4 rings (SSSR count). The number of carbonyl (C=O) groups is 1. The van der Waals surface area contributed by atoms with Gasteiger partial charge in [0.15, 0.2) is 0 Å². The Kier molecular flexibility index (Phi) is 6.30. The van der Waals surface area contributed by atoms with Crippen molar-refractivity contribution in [3.8, 4) is 17.2 Å². The molecule has 0 aliphatic heterocycles. The van der Waals surface area contributed by atoms with Crippen LogP contribution in [-0.4, -0.2) is 19.2 Å². The number of hydrogen-bond donors (Lipinski definition) is 0. The molecule has 0 aromatic heterocycles. The van der Waals surface area contributed by atoms with Crippen molar-refractivity contribution in [2.24, 2.45) is 0 Å². The van der Waals surface area contributed by atoms with Gasteiger partial charge in [0.25, 0.3) is 0 Å². The first kappa shape index (κ1) is 20.0. The number of para-hydroxylation sites is 2. The molecule has 0 bridgehead atoms. The summed E-state index contributed by atoms with van der Waals surface area (Å²) in [4.78, 5) is 12.8. The van der Waals surface area contributed by atoms with E-state index in [0.717, 1.165) is 21.0 Å². The van der Waals surface area contributed by atoms with Gasteiger partial charge in [-0.2, -0.15) is 0 Å². The van der Waals surface area contributed by atoms with Gasteiger partial charge in [-0.1, -0.05) is 60.7 Å². The van der Waals surface area contributed by atoms with Gasteiger partial charge in [0.2, 0.25) is 0 Å². The van der Waals surface area contributed by atoms with E-state index in [1.807, 2.05) is 66.7 Å². The summed E-state index contributed by atoms with van der Waals surface area (Å²) in [7, 11) is 0. The van der Waals surface area contributed by atoms with Gasteiger partial charge in [0.1, 0.15) is 36.0 Å². The lowest BCUT2D eigenvalue weighted by Crippen LogP contribution is -2.14. The Morgan fingerprint density at radius 1 is 0.700 bits per heavy atom. The minimum absolute atomic E-state index is 0.304. The molecule has 150 valence electrons. The van der Waals surface area contributed by atoms with E-state index in [1.54, 1.807) is 24.3 Å². The molecule has 5 heteroatoms. The van der Waals surface area contributed by atoms with E-state index >= 15 is 0 Å². The van der Waals surface area contributed by atoms with Crippen LogP contribution in [0.2, 0.25) is 0 Å². The molecule has 0 unspecified atom stereocenters. The Balaban J connectivity index is 1.44. The van der Waals surface area contributed by atoms with Gasteiger partial charge in [-0.3, -0.25) is 0 Å². The molecule has 0 fully saturated rings. The van der Waals surface area contributed by atoms with Gasteiger partial charge in [-0.25, -0.2) is 4.79 Å². The van der Waals surface area contributed by atoms with Crippen molar-refractivity contribution in [3.05, 3.63) is 101 Å². The number of rotatable bonds is 7. The molecule has 0 heterocycles. The van der Waals surface area contributed by atoms with Crippen LogP contribution < -0.4 is 14.2 Å². The van der Waals surface area contributed by atoms with E-state index < -0.39 is 5.97 Å². The molecule has 0 spiro atoms. The van der Waals surface area contributed by atoms with Crippen LogP contribution in [0.5, 0.6) is 17.2 Å². The van der Waals surface area contributed by atoms with Crippen molar-refractivity contribution >= 4 is 32.7 Å². The topological polar surface area (TPSA) is 44.8 Å². The first-order chi connectivity index (χ1) is 14.7. The highest BCUT2D eigenvalue weighted by atomic mass is 79.9. The summed E-state index contributed by atoms with van der Waals surface area (Å²) in [5.74, 6) is 1.21. The monoisotopic (exact) mass is 462 g/mol. The van der Waals surface area contributed by atoms with E-state index in [4.69, 9.17) is 14.2 Å². The van der Waals surface area contributed by atoms with Crippen LogP contribution in [0.25, 0.3) is 10.8 Å². The lowest BCUT2D eigenvalue weighted by Gasteiger charge is -2.13. The smallest absolute Gasteiger partial charge is 0.347 e. The standard InChI is InChI=1S/C25H19BrO4/c26-24-20-11-5-4-8-18(20)14-15-23(24)30-25(27)21-12-6-7-13-22(21)29-17-16-28-19-9-2-1-3-10-19/h1-15H,16-17H2. The minimum Gasteiger partial charge on any atom is -0.490 e. The molecule has 0 amide bonds. The van der Waals surface area contributed by atoms with Crippen molar-refractivity contribution in [3.63, 3.8) is 0 Å². The van der Waals surface area contributed by atoms with E-state index in [1.165, 1.54) is 0 Å². The molecule has 0 N–H and O–H groups in total. The fourth-order valence-electron chi connectivity index (χ4n) is 3.04. The van der Waals surface area contributed by atoms with Gasteiger partial charge < -0.3 is 14.2 Å². The summed E-state index contributed by atoms with van der Waals surface area (Å²) < 4.78 is 17.8. The first-order valence-electron chi connectivity index (χ1n) is 9.51. The Hall–Kier alpha value is -3.31. The third-order valence-corrected chi connectivity index (χ3v) is 5.31. The number of halogens is 1. The van der Waals surface area contributed by atoms with E-state index in [9.17, 15) is 4.79 Å². The molecule has 30 heavy (non-hydrogen) atoms. The van der Waals surface area contributed by atoms with Crippen molar-refractivity contribution in [2.75, 3.05) is 13.2 Å². The highest BCUT2D eigenvalue weighted by Gasteiger charge is 2.17. The first-order valence-corrected chi connectivity index (χ1v) is 10.3. The Morgan fingerprint density at radius 3 is 2.27 bits per heavy atom. The molecule has 0 aliphatic rings. The number of carbonyl (C=O) groups excluding carboxylic acids is 1. The molecule has 0 aliphatic carbocycles. The fraction of sp³-hybridized carbons (Fsp3) is 0.0800. The van der Waals surface area contributed by atoms with Crippen LogP contribution >= 0.6 is 15.9 Å². The van der Waals surface area contributed by atoms with Gasteiger partial charge in [0.05, 0.1) is 4.47 Å². The zero-order chi connectivity index (χ0) is 20.8. The van der Waals surface area contributed by atoms with Crippen molar-refractivity contribution < 1.29 is 19.0 Å². The van der Waals surface area contributed by atoms with Crippen molar-refractivity contribution in [2.45, 2.75) is 0 Å². The average molecular weight is 463 g/mol. The summed E-state index contributed by atoms with van der Waals surface area (Å²) in [5.41, 5.74) is 0.359. The lowest BCUT2D eigenvalue weighted by molar-refractivity contribution is 0.0728. The normalized spacial score (nSPS) is 10.6. The average Bonchev–Trinajstić information content (AvgIpc) is 2.80. The summed E-state index contributed by atoms with van der Waals surface area (Å²) in [6.45, 7) is 0.669. The van der Waals surface area contributed by atoms with E-state index in [2.05, 4.69) is 15.9 Å². The maximum absolute atomic E-state index is 12.8. The number of benzene rings is 4. The molecule has 4 nitrogen and oxygen atoms in total. The van der Waals surface area contributed by atoms with Crippen LogP contribution in [0.3, 0.4) is 0 Å². The van der Waals surface area contributed by atoms with Crippen molar-refractivity contribution in [1.82, 2.24) is 0 Å².